The molecule has 1 aromatic rings. The molecule has 0 saturated carbocycles. The summed E-state index contributed by atoms with van der Waals surface area (Å²) in [6, 6.07) is 4.78. The van der Waals surface area contributed by atoms with Crippen molar-refractivity contribution in [2.45, 2.75) is 12.6 Å². The molecule has 4 heteroatoms. The number of pyridine rings is 1. The lowest BCUT2D eigenvalue weighted by Gasteiger charge is -2.35. The largest absolute Gasteiger partial charge is 0.310 e. The lowest BCUT2D eigenvalue weighted by Crippen LogP contribution is -2.53. The summed E-state index contributed by atoms with van der Waals surface area (Å²) in [4.78, 5) is 8.81. The van der Waals surface area contributed by atoms with Crippen LogP contribution in [-0.4, -0.2) is 61.1 Å². The van der Waals surface area contributed by atoms with E-state index in [0.29, 0.717) is 6.04 Å². The smallest absolute Gasteiger partial charge is 0.0323 e. The van der Waals surface area contributed by atoms with Gasteiger partial charge in [0.15, 0.2) is 0 Å². The van der Waals surface area contributed by atoms with E-state index in [0.717, 1.165) is 32.7 Å². The zero-order valence-electron chi connectivity index (χ0n) is 10.8. The molecule has 0 aliphatic carbocycles. The van der Waals surface area contributed by atoms with Gasteiger partial charge in [-0.1, -0.05) is 0 Å². The van der Waals surface area contributed by atoms with E-state index in [-0.39, 0.29) is 0 Å². The van der Waals surface area contributed by atoms with Gasteiger partial charge in [-0.25, -0.2) is 0 Å². The minimum atomic E-state index is 0.584. The highest BCUT2D eigenvalue weighted by Crippen LogP contribution is 2.06. The molecular formula is C13H22N4. The maximum atomic E-state index is 4.06. The maximum Gasteiger partial charge on any atom is 0.0323 e. The first-order chi connectivity index (χ1) is 8.24. The van der Waals surface area contributed by atoms with E-state index in [2.05, 4.69) is 46.3 Å². The molecular weight excluding hydrogens is 212 g/mol. The van der Waals surface area contributed by atoms with Gasteiger partial charge in [-0.2, -0.15) is 0 Å². The van der Waals surface area contributed by atoms with Gasteiger partial charge in [0.2, 0.25) is 0 Å². The summed E-state index contributed by atoms with van der Waals surface area (Å²) in [6.45, 7) is 5.48. The van der Waals surface area contributed by atoms with Crippen LogP contribution in [0.2, 0.25) is 0 Å². The van der Waals surface area contributed by atoms with Crippen LogP contribution in [0.1, 0.15) is 5.56 Å². The van der Waals surface area contributed by atoms with Gasteiger partial charge >= 0.3 is 0 Å². The molecule has 0 bridgehead atoms. The molecule has 1 saturated heterocycles. The summed E-state index contributed by atoms with van der Waals surface area (Å²) in [5.74, 6) is 0. The summed E-state index contributed by atoms with van der Waals surface area (Å²) < 4.78 is 0. The highest BCUT2D eigenvalue weighted by Gasteiger charge is 2.19. The van der Waals surface area contributed by atoms with Gasteiger partial charge < -0.3 is 10.2 Å². The van der Waals surface area contributed by atoms with Crippen molar-refractivity contribution in [1.29, 1.82) is 0 Å². The summed E-state index contributed by atoms with van der Waals surface area (Å²) in [5.41, 5.74) is 1.35. The van der Waals surface area contributed by atoms with Crippen LogP contribution in [-0.2, 0) is 6.54 Å². The second-order valence-corrected chi connectivity index (χ2v) is 5.00. The van der Waals surface area contributed by atoms with E-state index in [9.17, 15) is 0 Å². The Morgan fingerprint density at radius 1 is 1.41 bits per heavy atom. The number of piperazine rings is 1. The fraction of sp³-hybridized carbons (Fsp3) is 0.615. The number of hydrogen-bond acceptors (Lipinski definition) is 4. The van der Waals surface area contributed by atoms with Crippen LogP contribution < -0.4 is 5.32 Å². The van der Waals surface area contributed by atoms with Crippen molar-refractivity contribution in [3.63, 3.8) is 0 Å². The minimum Gasteiger partial charge on any atom is -0.310 e. The van der Waals surface area contributed by atoms with Crippen molar-refractivity contribution in [2.24, 2.45) is 0 Å². The zero-order chi connectivity index (χ0) is 12.1. The van der Waals surface area contributed by atoms with Gasteiger partial charge in [0, 0.05) is 51.2 Å². The van der Waals surface area contributed by atoms with Gasteiger partial charge in [-0.15, -0.1) is 0 Å². The van der Waals surface area contributed by atoms with Crippen LogP contribution in [0.3, 0.4) is 0 Å². The lowest BCUT2D eigenvalue weighted by molar-refractivity contribution is 0.172. The van der Waals surface area contributed by atoms with Crippen molar-refractivity contribution < 1.29 is 0 Å². The SMILES string of the molecule is CN(C)CC1CN(Cc2ccncc2)CCN1. The number of hydrogen-bond donors (Lipinski definition) is 1. The molecule has 0 amide bonds. The molecule has 2 heterocycles. The van der Waals surface area contributed by atoms with Crippen molar-refractivity contribution in [3.8, 4) is 0 Å². The predicted octanol–water partition coefficient (Wildman–Crippen LogP) is 0.417. The average molecular weight is 234 g/mol. The molecule has 94 valence electrons. The van der Waals surface area contributed by atoms with E-state index in [1.165, 1.54) is 5.56 Å². The number of likely N-dealkylation sites (N-methyl/N-ethyl adjacent to an activating group) is 1. The van der Waals surface area contributed by atoms with Gasteiger partial charge in [0.1, 0.15) is 0 Å². The molecule has 1 aromatic heterocycles. The molecule has 0 spiro atoms. The third-order valence-electron chi connectivity index (χ3n) is 3.08. The Kier molecular flexibility index (Phi) is 4.48. The molecule has 1 atom stereocenters. The van der Waals surface area contributed by atoms with Gasteiger partial charge in [-0.3, -0.25) is 9.88 Å². The highest BCUT2D eigenvalue weighted by molar-refractivity contribution is 5.09. The lowest BCUT2D eigenvalue weighted by atomic mass is 10.1. The number of aromatic nitrogens is 1. The van der Waals surface area contributed by atoms with Crippen LogP contribution in [0.15, 0.2) is 24.5 Å². The van der Waals surface area contributed by atoms with E-state index in [1.54, 1.807) is 0 Å². The second kappa shape index (κ2) is 6.10. The van der Waals surface area contributed by atoms with Crippen LogP contribution >= 0.6 is 0 Å². The minimum absolute atomic E-state index is 0.584. The summed E-state index contributed by atoms with van der Waals surface area (Å²) in [5, 5.41) is 3.57. The van der Waals surface area contributed by atoms with Gasteiger partial charge in [0.05, 0.1) is 0 Å². The van der Waals surface area contributed by atoms with E-state index < -0.39 is 0 Å². The first kappa shape index (κ1) is 12.5. The van der Waals surface area contributed by atoms with Crippen molar-refractivity contribution >= 4 is 0 Å². The van der Waals surface area contributed by atoms with Crippen LogP contribution in [0, 0.1) is 0 Å². The fourth-order valence-corrected chi connectivity index (χ4v) is 2.35. The molecule has 1 aliphatic rings. The molecule has 0 radical (unpaired) electrons. The Bertz CT molecular complexity index is 325. The summed E-state index contributed by atoms with van der Waals surface area (Å²) in [7, 11) is 4.26. The number of rotatable bonds is 4. The van der Waals surface area contributed by atoms with Gasteiger partial charge in [-0.05, 0) is 31.8 Å². The highest BCUT2D eigenvalue weighted by atomic mass is 15.2. The number of nitrogens with one attached hydrogen (secondary N) is 1. The standard InChI is InChI=1S/C13H22N4/c1-16(2)10-13-11-17(8-7-15-13)9-12-3-5-14-6-4-12/h3-6,13,15H,7-11H2,1-2H3. The Morgan fingerprint density at radius 3 is 2.88 bits per heavy atom. The van der Waals surface area contributed by atoms with E-state index in [1.807, 2.05) is 12.4 Å². The normalized spacial score (nSPS) is 21.9. The first-order valence-electron chi connectivity index (χ1n) is 6.23. The van der Waals surface area contributed by atoms with Crippen LogP contribution in [0.25, 0.3) is 0 Å². The molecule has 1 fully saturated rings. The quantitative estimate of drug-likeness (QED) is 0.818. The summed E-state index contributed by atoms with van der Waals surface area (Å²) in [6.07, 6.45) is 3.74. The molecule has 1 N–H and O–H groups in total. The average Bonchev–Trinajstić information content (AvgIpc) is 2.30. The zero-order valence-corrected chi connectivity index (χ0v) is 10.8. The molecule has 0 aromatic carbocycles. The third kappa shape index (κ3) is 4.07. The Hall–Kier alpha value is -0.970. The third-order valence-corrected chi connectivity index (χ3v) is 3.08. The Morgan fingerprint density at radius 2 is 2.18 bits per heavy atom. The van der Waals surface area contributed by atoms with Crippen molar-refractivity contribution in [2.75, 3.05) is 40.3 Å². The summed E-state index contributed by atoms with van der Waals surface area (Å²) >= 11 is 0. The molecule has 1 aliphatic heterocycles. The molecule has 1 unspecified atom stereocenters. The Labute approximate surface area is 104 Å². The van der Waals surface area contributed by atoms with E-state index in [4.69, 9.17) is 0 Å². The monoisotopic (exact) mass is 234 g/mol. The molecule has 2 rings (SSSR count). The predicted molar refractivity (Wildman–Crippen MR) is 69.9 cm³/mol. The fourth-order valence-electron chi connectivity index (χ4n) is 2.35. The maximum absolute atomic E-state index is 4.06. The van der Waals surface area contributed by atoms with Gasteiger partial charge in [0.25, 0.3) is 0 Å². The topological polar surface area (TPSA) is 31.4 Å². The van der Waals surface area contributed by atoms with Crippen molar-refractivity contribution in [3.05, 3.63) is 30.1 Å². The number of nitrogens with zero attached hydrogens (tertiary/aromatic N) is 3. The Balaban J connectivity index is 1.85. The molecule has 4 nitrogen and oxygen atoms in total. The van der Waals surface area contributed by atoms with E-state index >= 15 is 0 Å². The second-order valence-electron chi connectivity index (χ2n) is 5.00. The van der Waals surface area contributed by atoms with Crippen molar-refractivity contribution in [1.82, 2.24) is 20.1 Å². The van der Waals surface area contributed by atoms with Crippen LogP contribution in [0.4, 0.5) is 0 Å². The first-order valence-corrected chi connectivity index (χ1v) is 6.23. The molecule has 17 heavy (non-hydrogen) atoms. The van der Waals surface area contributed by atoms with Crippen LogP contribution in [0.5, 0.6) is 0 Å².